The second-order valence-corrected chi connectivity index (χ2v) is 3.51. The number of nitro benzene ring substituents is 3. The van der Waals surface area contributed by atoms with Gasteiger partial charge in [0.05, 0.1) is 14.8 Å². The first kappa shape index (κ1) is 13.5. The Morgan fingerprint density at radius 1 is 1.00 bits per heavy atom. The Labute approximate surface area is 100 Å². The normalized spacial score (nSPS) is 10.1. The number of hydrogen-bond donors (Lipinski definition) is 0. The molecule has 0 aliphatic carbocycles. The predicted molar refractivity (Wildman–Crippen MR) is 60.5 cm³/mol. The fraction of sp³-hybridized carbons (Fsp3) is 0.333. The van der Waals surface area contributed by atoms with Crippen molar-refractivity contribution >= 4 is 17.1 Å². The zero-order chi connectivity index (χ0) is 14.0. The summed E-state index contributed by atoms with van der Waals surface area (Å²) in [4.78, 5) is 29.4. The zero-order valence-corrected chi connectivity index (χ0v) is 9.58. The molecule has 0 aliphatic rings. The smallest absolute Gasteiger partial charge is 0.258 e. The quantitative estimate of drug-likeness (QED) is 0.599. The summed E-state index contributed by atoms with van der Waals surface area (Å²) in [6, 6.07) is 0.990. The van der Waals surface area contributed by atoms with Crippen LogP contribution in [0, 0.1) is 37.3 Å². The molecule has 0 amide bonds. The molecule has 0 N–H and O–H groups in total. The monoisotopic (exact) mass is 255 g/mol. The van der Waals surface area contributed by atoms with Crippen LogP contribution in [0.1, 0.15) is 18.1 Å². The molecule has 9 nitrogen and oxygen atoms in total. The number of rotatable bonds is 4. The maximum absolute atomic E-state index is 10.9. The van der Waals surface area contributed by atoms with E-state index in [1.165, 1.54) is 6.92 Å². The van der Waals surface area contributed by atoms with Crippen molar-refractivity contribution in [3.05, 3.63) is 47.5 Å². The van der Waals surface area contributed by atoms with Crippen LogP contribution in [-0.4, -0.2) is 14.8 Å². The Kier molecular flexibility index (Phi) is 3.55. The summed E-state index contributed by atoms with van der Waals surface area (Å²) < 4.78 is 0. The van der Waals surface area contributed by atoms with E-state index in [1.807, 2.05) is 0 Å². The van der Waals surface area contributed by atoms with E-state index in [2.05, 4.69) is 0 Å². The van der Waals surface area contributed by atoms with Crippen molar-refractivity contribution in [3.63, 3.8) is 0 Å². The zero-order valence-electron chi connectivity index (χ0n) is 9.58. The molecule has 0 radical (unpaired) electrons. The van der Waals surface area contributed by atoms with Crippen LogP contribution in [0.2, 0.25) is 0 Å². The summed E-state index contributed by atoms with van der Waals surface area (Å²) in [5.41, 5.74) is -2.29. The number of benzene rings is 1. The van der Waals surface area contributed by atoms with Gasteiger partial charge in [0.25, 0.3) is 0 Å². The molecule has 1 rings (SSSR count). The highest BCUT2D eigenvalue weighted by molar-refractivity contribution is 5.71. The Hall–Kier alpha value is -2.58. The minimum atomic E-state index is -1.09. The van der Waals surface area contributed by atoms with Gasteiger partial charge in [-0.1, -0.05) is 6.92 Å². The van der Waals surface area contributed by atoms with E-state index in [0.717, 1.165) is 6.07 Å². The van der Waals surface area contributed by atoms with Crippen molar-refractivity contribution in [1.82, 2.24) is 0 Å². The highest BCUT2D eigenvalue weighted by Gasteiger charge is 2.39. The van der Waals surface area contributed by atoms with Gasteiger partial charge in [-0.25, -0.2) is 0 Å². The molecule has 1 aromatic rings. The SMILES string of the molecule is CCc1c(C)cc([N+](=O)[O-])c([N+](=O)[O-])c1[N+](=O)[O-]. The van der Waals surface area contributed by atoms with Crippen LogP contribution in [0.4, 0.5) is 17.1 Å². The van der Waals surface area contributed by atoms with Crippen LogP contribution >= 0.6 is 0 Å². The molecule has 18 heavy (non-hydrogen) atoms. The fourth-order valence-corrected chi connectivity index (χ4v) is 1.77. The van der Waals surface area contributed by atoms with E-state index >= 15 is 0 Å². The Balaban J connectivity index is 3.86. The molecule has 0 fully saturated rings. The second-order valence-electron chi connectivity index (χ2n) is 3.51. The molecule has 0 heterocycles. The van der Waals surface area contributed by atoms with Crippen molar-refractivity contribution in [2.75, 3.05) is 0 Å². The molecule has 0 atom stereocenters. The van der Waals surface area contributed by atoms with Gasteiger partial charge in [0.1, 0.15) is 0 Å². The molecular formula is C9H9N3O6. The standard InChI is InChI=1S/C9H9N3O6/c1-3-6-5(2)4-7(10(13)14)9(12(17)18)8(6)11(15)16/h4H,3H2,1-2H3. The van der Waals surface area contributed by atoms with Gasteiger partial charge in [-0.2, -0.15) is 0 Å². The Morgan fingerprint density at radius 2 is 1.50 bits per heavy atom. The van der Waals surface area contributed by atoms with Crippen molar-refractivity contribution < 1.29 is 14.8 Å². The first-order valence-electron chi connectivity index (χ1n) is 4.90. The topological polar surface area (TPSA) is 129 Å². The van der Waals surface area contributed by atoms with Gasteiger partial charge in [-0.3, -0.25) is 30.3 Å². The van der Waals surface area contributed by atoms with Crippen molar-refractivity contribution in [1.29, 1.82) is 0 Å². The molecular weight excluding hydrogens is 246 g/mol. The van der Waals surface area contributed by atoms with Crippen molar-refractivity contribution in [2.45, 2.75) is 20.3 Å². The number of hydrogen-bond acceptors (Lipinski definition) is 6. The summed E-state index contributed by atoms with van der Waals surface area (Å²) in [5, 5.41) is 32.5. The lowest BCUT2D eigenvalue weighted by Crippen LogP contribution is -2.06. The third-order valence-electron chi connectivity index (χ3n) is 2.50. The third-order valence-corrected chi connectivity index (χ3v) is 2.50. The fourth-order valence-electron chi connectivity index (χ4n) is 1.77. The van der Waals surface area contributed by atoms with Gasteiger partial charge >= 0.3 is 17.1 Å². The first-order valence-corrected chi connectivity index (χ1v) is 4.90. The average Bonchev–Trinajstić information content (AvgIpc) is 2.26. The Bertz CT molecular complexity index is 554. The van der Waals surface area contributed by atoms with Crippen LogP contribution < -0.4 is 0 Å². The molecule has 0 aromatic heterocycles. The van der Waals surface area contributed by atoms with E-state index in [0.29, 0.717) is 5.56 Å². The Morgan fingerprint density at radius 3 is 1.83 bits per heavy atom. The van der Waals surface area contributed by atoms with E-state index in [9.17, 15) is 30.3 Å². The maximum atomic E-state index is 10.9. The van der Waals surface area contributed by atoms with Gasteiger partial charge in [-0.05, 0) is 18.9 Å². The highest BCUT2D eigenvalue weighted by atomic mass is 16.6. The van der Waals surface area contributed by atoms with Gasteiger partial charge in [0.2, 0.25) is 0 Å². The molecule has 9 heteroatoms. The summed E-state index contributed by atoms with van der Waals surface area (Å²) in [7, 11) is 0. The lowest BCUT2D eigenvalue weighted by Gasteiger charge is -2.05. The van der Waals surface area contributed by atoms with Crippen LogP contribution in [0.3, 0.4) is 0 Å². The van der Waals surface area contributed by atoms with E-state index < -0.39 is 31.8 Å². The van der Waals surface area contributed by atoms with Crippen LogP contribution in [0.15, 0.2) is 6.07 Å². The minimum Gasteiger partial charge on any atom is -0.258 e. The van der Waals surface area contributed by atoms with Crippen molar-refractivity contribution in [2.24, 2.45) is 0 Å². The molecule has 0 saturated heterocycles. The van der Waals surface area contributed by atoms with E-state index in [1.54, 1.807) is 6.92 Å². The molecule has 0 aliphatic heterocycles. The summed E-state index contributed by atoms with van der Waals surface area (Å²) in [6.45, 7) is 3.04. The predicted octanol–water partition coefficient (Wildman–Crippen LogP) is 2.28. The van der Waals surface area contributed by atoms with Gasteiger partial charge in [0, 0.05) is 11.6 Å². The number of aryl methyl sites for hydroxylation is 1. The summed E-state index contributed by atoms with van der Waals surface area (Å²) in [5.74, 6) is 0. The number of nitrogens with zero attached hydrogens (tertiary/aromatic N) is 3. The van der Waals surface area contributed by atoms with Crippen LogP contribution in [0.25, 0.3) is 0 Å². The van der Waals surface area contributed by atoms with E-state index in [4.69, 9.17) is 0 Å². The van der Waals surface area contributed by atoms with Crippen LogP contribution in [0.5, 0.6) is 0 Å². The minimum absolute atomic E-state index is 0.136. The molecule has 0 bridgehead atoms. The van der Waals surface area contributed by atoms with Gasteiger partial charge in [0.15, 0.2) is 0 Å². The highest BCUT2D eigenvalue weighted by Crippen LogP contribution is 2.40. The van der Waals surface area contributed by atoms with E-state index in [-0.39, 0.29) is 12.0 Å². The molecule has 1 aromatic carbocycles. The average molecular weight is 255 g/mol. The third kappa shape index (κ3) is 2.10. The lowest BCUT2D eigenvalue weighted by molar-refractivity contribution is -0.441. The van der Waals surface area contributed by atoms with Crippen LogP contribution in [-0.2, 0) is 6.42 Å². The second kappa shape index (κ2) is 4.73. The van der Waals surface area contributed by atoms with Crippen molar-refractivity contribution in [3.8, 4) is 0 Å². The summed E-state index contributed by atoms with van der Waals surface area (Å²) >= 11 is 0. The largest absolute Gasteiger partial charge is 0.422 e. The maximum Gasteiger partial charge on any atom is 0.422 e. The lowest BCUT2D eigenvalue weighted by atomic mass is 10.0. The van der Waals surface area contributed by atoms with Gasteiger partial charge < -0.3 is 0 Å². The molecule has 0 spiro atoms. The first-order chi connectivity index (χ1) is 8.31. The molecule has 0 unspecified atom stereocenters. The number of nitro groups is 3. The molecule has 96 valence electrons. The molecule has 0 saturated carbocycles. The summed E-state index contributed by atoms with van der Waals surface area (Å²) in [6.07, 6.45) is 0.182. The van der Waals surface area contributed by atoms with Gasteiger partial charge in [-0.15, -0.1) is 0 Å².